The molecule has 0 spiro atoms. The maximum atomic E-state index is 13.6. The summed E-state index contributed by atoms with van der Waals surface area (Å²) in [5, 5.41) is 3.83. The number of benzene rings is 6. The first-order chi connectivity index (χ1) is 47.6. The molecule has 98 heavy (non-hydrogen) atoms. The number of allylic oxidation sites excluding steroid dienone is 2. The van der Waals surface area contributed by atoms with Gasteiger partial charge in [0.05, 0.1) is 0 Å². The second kappa shape index (κ2) is 25.7. The summed E-state index contributed by atoms with van der Waals surface area (Å²) in [4.78, 5) is 140. The van der Waals surface area contributed by atoms with Crippen molar-refractivity contribution in [2.24, 2.45) is 23.7 Å². The molecule has 504 valence electrons. The normalized spacial score (nSPS) is 24.2. The minimum atomic E-state index is -0.302. The minimum absolute atomic E-state index is 0.0732. The van der Waals surface area contributed by atoms with E-state index in [-0.39, 0.29) is 94.8 Å². The SMILES string of the molecule is CC1CCC(N2C(=O)c3ccc4c5c(ccc(c35)C2=O)C(=O)N(C2CCC(C)CC2)C4=O)CC1.O=C(C1=Cc2ccc3c4c(ccc(c24)O1)C=C(C(=O)C1CCCCC1)O3)C1CCCCC1.O=C1c2ccc3c4c(ccc(c24)C(=O)N1C1CCCCC1)C(=O)N(C1CCCCC1)C3=O. The lowest BCUT2D eigenvalue weighted by atomic mass is 9.81. The molecule has 12 aliphatic rings. The molecule has 6 aromatic rings. The van der Waals surface area contributed by atoms with Crippen molar-refractivity contribution in [2.75, 3.05) is 0 Å². The lowest BCUT2D eigenvalue weighted by Crippen LogP contribution is -2.50. The molecule has 16 nitrogen and oxygen atoms in total. The molecule has 6 fully saturated rings. The van der Waals surface area contributed by atoms with E-state index in [2.05, 4.69) is 13.8 Å². The molecule has 0 bridgehead atoms. The number of amides is 8. The topological polar surface area (TPSA) is 202 Å². The summed E-state index contributed by atoms with van der Waals surface area (Å²) in [6, 6.07) is 20.9. The van der Waals surface area contributed by atoms with Crippen LogP contribution in [0.5, 0.6) is 11.5 Å². The maximum absolute atomic E-state index is 13.6. The molecule has 0 atom stereocenters. The Bertz CT molecular complexity index is 4090. The van der Waals surface area contributed by atoms with Crippen molar-refractivity contribution in [1.29, 1.82) is 0 Å². The van der Waals surface area contributed by atoms with Crippen molar-refractivity contribution in [2.45, 2.75) is 218 Å². The van der Waals surface area contributed by atoms with Gasteiger partial charge in [0.25, 0.3) is 47.3 Å². The van der Waals surface area contributed by atoms with Gasteiger partial charge in [-0.3, -0.25) is 67.5 Å². The average Bonchev–Trinajstić information content (AvgIpc) is 0.719. The zero-order valence-corrected chi connectivity index (χ0v) is 56.2. The first-order valence-electron chi connectivity index (χ1n) is 36.8. The molecule has 18 rings (SSSR count). The summed E-state index contributed by atoms with van der Waals surface area (Å²) >= 11 is 0. The lowest BCUT2D eigenvalue weighted by molar-refractivity contribution is -0.122. The Morgan fingerprint density at radius 2 is 0.520 bits per heavy atom. The highest BCUT2D eigenvalue weighted by molar-refractivity contribution is 6.35. The summed E-state index contributed by atoms with van der Waals surface area (Å²) in [5.74, 6) is 1.51. The average molecular weight is 1320 g/mol. The van der Waals surface area contributed by atoms with Crippen LogP contribution in [0.2, 0.25) is 0 Å². The Labute approximate surface area is 570 Å². The third-order valence-corrected chi connectivity index (χ3v) is 24.1. The van der Waals surface area contributed by atoms with Gasteiger partial charge in [-0.2, -0.15) is 0 Å². The highest BCUT2D eigenvalue weighted by Crippen LogP contribution is 2.48. The van der Waals surface area contributed by atoms with Crippen LogP contribution in [0.3, 0.4) is 0 Å². The van der Waals surface area contributed by atoms with E-state index in [9.17, 15) is 47.9 Å². The van der Waals surface area contributed by atoms with Crippen molar-refractivity contribution in [1.82, 2.24) is 19.6 Å². The van der Waals surface area contributed by atoms with Gasteiger partial charge in [-0.05, 0) is 199 Å². The van der Waals surface area contributed by atoms with Gasteiger partial charge >= 0.3 is 0 Å². The van der Waals surface area contributed by atoms with Crippen molar-refractivity contribution in [3.05, 3.63) is 140 Å². The fourth-order valence-corrected chi connectivity index (χ4v) is 18.7. The lowest BCUT2D eigenvalue weighted by Gasteiger charge is -2.39. The first-order valence-corrected chi connectivity index (χ1v) is 36.8. The number of carbonyl (C=O) groups excluding carboxylic acids is 10. The monoisotopic (exact) mass is 1320 g/mol. The van der Waals surface area contributed by atoms with E-state index in [1.165, 1.54) is 32.4 Å². The van der Waals surface area contributed by atoms with Gasteiger partial charge < -0.3 is 9.47 Å². The molecule has 0 aromatic heterocycles. The van der Waals surface area contributed by atoms with Crippen LogP contribution in [0.4, 0.5) is 0 Å². The van der Waals surface area contributed by atoms with Crippen LogP contribution in [0.25, 0.3) is 44.5 Å². The highest BCUT2D eigenvalue weighted by Gasteiger charge is 2.47. The van der Waals surface area contributed by atoms with E-state index in [4.69, 9.17) is 9.47 Å². The smallest absolute Gasteiger partial charge is 0.261 e. The third-order valence-electron chi connectivity index (χ3n) is 24.1. The van der Waals surface area contributed by atoms with E-state index >= 15 is 0 Å². The molecule has 6 heterocycles. The Balaban J connectivity index is 0.000000115. The molecule has 0 unspecified atom stereocenters. The van der Waals surface area contributed by atoms with Crippen LogP contribution in [0, 0.1) is 23.7 Å². The third kappa shape index (κ3) is 10.7. The van der Waals surface area contributed by atoms with Crippen LogP contribution in [0.15, 0.2) is 84.3 Å². The molecule has 0 saturated heterocycles. The summed E-state index contributed by atoms with van der Waals surface area (Å²) in [5.41, 5.74) is 5.37. The molecule has 8 amide bonds. The molecule has 6 aromatic carbocycles. The van der Waals surface area contributed by atoms with Gasteiger partial charge in [-0.15, -0.1) is 0 Å². The minimum Gasteiger partial charge on any atom is -0.453 e. The van der Waals surface area contributed by atoms with Gasteiger partial charge in [0.1, 0.15) is 11.5 Å². The molecule has 6 aliphatic carbocycles. The second-order valence-corrected chi connectivity index (χ2v) is 30.2. The Hall–Kier alpha value is -8.92. The van der Waals surface area contributed by atoms with E-state index < -0.39 is 0 Å². The predicted octanol–water partition coefficient (Wildman–Crippen LogP) is 16.5. The Morgan fingerprint density at radius 1 is 0.286 bits per heavy atom. The molecule has 0 radical (unpaired) electrons. The number of imide groups is 4. The molecule has 6 aliphatic heterocycles. The van der Waals surface area contributed by atoms with Gasteiger partial charge in [0, 0.05) is 113 Å². The van der Waals surface area contributed by atoms with Crippen molar-refractivity contribution in [3.8, 4) is 11.5 Å². The maximum Gasteiger partial charge on any atom is 0.261 e. The molecule has 16 heteroatoms. The van der Waals surface area contributed by atoms with Crippen molar-refractivity contribution >= 4 is 103 Å². The molecular formula is C82H84N4O12. The van der Waals surface area contributed by atoms with Crippen LogP contribution >= 0.6 is 0 Å². The summed E-state index contributed by atoms with van der Waals surface area (Å²) < 4.78 is 12.3. The molecular weight excluding hydrogens is 1230 g/mol. The summed E-state index contributed by atoms with van der Waals surface area (Å²) in [6.07, 6.45) is 31.4. The number of nitrogens with zero attached hydrogens (tertiary/aromatic N) is 4. The van der Waals surface area contributed by atoms with Gasteiger partial charge in [-0.1, -0.05) is 103 Å². The largest absolute Gasteiger partial charge is 0.453 e. The first kappa shape index (κ1) is 63.8. The molecule has 0 N–H and O–H groups in total. The number of Topliss-reactive ketones (excluding diaryl/α,β-unsaturated/α-hetero) is 2. The van der Waals surface area contributed by atoms with Gasteiger partial charge in [-0.25, -0.2) is 0 Å². The summed E-state index contributed by atoms with van der Waals surface area (Å²) in [7, 11) is 0. The fourth-order valence-electron chi connectivity index (χ4n) is 18.7. The van der Waals surface area contributed by atoms with E-state index in [0.717, 1.165) is 189 Å². The highest BCUT2D eigenvalue weighted by atomic mass is 16.5. The molecule has 6 saturated carbocycles. The number of rotatable bonds is 8. The quantitative estimate of drug-likeness (QED) is 0.131. The summed E-state index contributed by atoms with van der Waals surface area (Å²) in [6.45, 7) is 4.41. The van der Waals surface area contributed by atoms with Crippen LogP contribution < -0.4 is 9.47 Å². The van der Waals surface area contributed by atoms with Crippen molar-refractivity contribution in [3.63, 3.8) is 0 Å². The van der Waals surface area contributed by atoms with Gasteiger partial charge in [0.15, 0.2) is 11.5 Å². The Morgan fingerprint density at radius 3 is 0.776 bits per heavy atom. The number of carbonyl (C=O) groups is 10. The number of hydrogen-bond acceptors (Lipinski definition) is 12. The van der Waals surface area contributed by atoms with E-state index in [1.807, 2.05) is 36.4 Å². The number of ketones is 2. The zero-order valence-electron chi connectivity index (χ0n) is 56.2. The van der Waals surface area contributed by atoms with E-state index in [1.54, 1.807) is 48.5 Å². The van der Waals surface area contributed by atoms with Crippen LogP contribution in [-0.4, -0.2) is 103 Å². The van der Waals surface area contributed by atoms with Crippen molar-refractivity contribution < 1.29 is 57.4 Å². The predicted molar refractivity (Wildman–Crippen MR) is 371 cm³/mol. The number of ether oxygens (including phenoxy) is 2. The Kier molecular flexibility index (Phi) is 16.8. The second-order valence-electron chi connectivity index (χ2n) is 30.2. The van der Waals surface area contributed by atoms with Gasteiger partial charge in [0.2, 0.25) is 11.6 Å². The zero-order chi connectivity index (χ0) is 67.4. The van der Waals surface area contributed by atoms with E-state index in [0.29, 0.717) is 101 Å². The standard InChI is InChI=1S/C28H30N2O4.C28H28O4.C26H26N2O4/c1-15-3-7-17(8-4-15)29-25(31)19-11-13-21-24-22(14-12-20(23(19)24)26(29)32)28(34)30(27(21)33)18-9-5-16(2)6-10-18;29-27(17-7-3-1-4-8-17)23-15-19-11-14-22-26-20(12-13-21(31-23)25(19)26)16-24(32-22)28(30)18-9-5-2-6-10-18;29-23-17-11-13-19-22-20(26(32)28(25(19)31)16-9-5-2-6-10-16)14-12-18(21(17)22)24(30)27(23)15-7-3-1-4-8-15/h11-18H,3-10H2,1-2H3;11-18H,1-10H2;11-16H,1-10H2. The fraction of sp³-hybridized carbons (Fsp3) is 0.463. The number of hydrogen-bond donors (Lipinski definition) is 0. The van der Waals surface area contributed by atoms with Crippen LogP contribution in [-0.2, 0) is 9.59 Å². The van der Waals surface area contributed by atoms with Crippen LogP contribution in [0.1, 0.15) is 288 Å².